The molecule has 2 aromatic carbocycles. The van der Waals surface area contributed by atoms with E-state index in [9.17, 15) is 8.96 Å². The third-order valence-corrected chi connectivity index (χ3v) is 11.0. The molecule has 0 N–H and O–H groups in total. The van der Waals surface area contributed by atoms with Crippen LogP contribution in [-0.2, 0) is 4.57 Å². The van der Waals surface area contributed by atoms with Gasteiger partial charge in [-0.2, -0.15) is 0 Å². The molecule has 0 aliphatic heterocycles. The Kier molecular flexibility index (Phi) is 5.83. The van der Waals surface area contributed by atoms with Gasteiger partial charge in [-0.25, -0.2) is 4.39 Å². The molecule has 0 amide bonds. The van der Waals surface area contributed by atoms with Crippen LogP contribution >= 0.6 is 7.14 Å². The van der Waals surface area contributed by atoms with E-state index < -0.39 is 7.14 Å². The quantitative estimate of drug-likeness (QED) is 0.512. The lowest BCUT2D eigenvalue weighted by atomic mass is 9.99. The molecule has 4 rings (SSSR count). The van der Waals surface area contributed by atoms with Crippen molar-refractivity contribution in [3.63, 3.8) is 0 Å². The van der Waals surface area contributed by atoms with Gasteiger partial charge in [0.2, 0.25) is 0 Å². The summed E-state index contributed by atoms with van der Waals surface area (Å²) in [4.78, 5) is 0. The second kappa shape index (κ2) is 8.31. The lowest BCUT2D eigenvalue weighted by molar-refractivity contribution is 0.452. The van der Waals surface area contributed by atoms with Gasteiger partial charge in [-0.3, -0.25) is 0 Å². The first-order valence-electron chi connectivity index (χ1n) is 10.6. The van der Waals surface area contributed by atoms with E-state index in [1.54, 1.807) is 6.07 Å². The summed E-state index contributed by atoms with van der Waals surface area (Å²) in [7, 11) is -2.69. The highest BCUT2D eigenvalue weighted by atomic mass is 31.2. The monoisotopic (exact) mass is 384 g/mol. The molecule has 0 saturated heterocycles. The Morgan fingerprint density at radius 2 is 1.30 bits per heavy atom. The minimum Gasteiger partial charge on any atom is -0.318 e. The third kappa shape index (κ3) is 3.79. The van der Waals surface area contributed by atoms with Crippen molar-refractivity contribution in [1.29, 1.82) is 0 Å². The Morgan fingerprint density at radius 1 is 0.741 bits per heavy atom. The number of halogens is 1. The van der Waals surface area contributed by atoms with Crippen LogP contribution in [0.1, 0.15) is 64.2 Å². The Morgan fingerprint density at radius 3 is 1.85 bits per heavy atom. The van der Waals surface area contributed by atoms with Gasteiger partial charge in [0.1, 0.15) is 13.0 Å². The first-order chi connectivity index (χ1) is 13.2. The molecule has 0 atom stereocenters. The van der Waals surface area contributed by atoms with E-state index in [1.165, 1.54) is 18.9 Å². The highest BCUT2D eigenvalue weighted by Gasteiger charge is 2.43. The fourth-order valence-corrected chi connectivity index (χ4v) is 9.83. The van der Waals surface area contributed by atoms with Crippen LogP contribution in [0.25, 0.3) is 11.1 Å². The van der Waals surface area contributed by atoms with Crippen LogP contribution < -0.4 is 5.30 Å². The van der Waals surface area contributed by atoms with Gasteiger partial charge < -0.3 is 4.57 Å². The SMILES string of the molecule is O=P(c1cc(F)ccc1-c1ccccc1)(C1CCCCC1)C1CCCCC1. The second-order valence-electron chi connectivity index (χ2n) is 8.32. The third-order valence-electron chi connectivity index (χ3n) is 6.66. The standard InChI is InChI=1S/C24H30FOP/c25-20-16-17-23(19-10-4-1-5-11-19)24(18-20)27(26,21-12-6-2-7-13-21)22-14-8-3-9-15-22/h1,4-5,10-11,16-18,21-22H,2-3,6-9,12-15H2. The summed E-state index contributed by atoms with van der Waals surface area (Å²) in [6, 6.07) is 15.1. The summed E-state index contributed by atoms with van der Waals surface area (Å²) >= 11 is 0. The number of hydrogen-bond donors (Lipinski definition) is 0. The zero-order valence-electron chi connectivity index (χ0n) is 16.1. The molecule has 2 aliphatic rings. The van der Waals surface area contributed by atoms with E-state index in [2.05, 4.69) is 12.1 Å². The van der Waals surface area contributed by atoms with Gasteiger partial charge in [-0.15, -0.1) is 0 Å². The highest BCUT2D eigenvalue weighted by molar-refractivity contribution is 7.73. The molecular weight excluding hydrogens is 354 g/mol. The van der Waals surface area contributed by atoms with E-state index >= 15 is 0 Å². The predicted molar refractivity (Wildman–Crippen MR) is 113 cm³/mol. The maximum atomic E-state index is 14.9. The van der Waals surface area contributed by atoms with Crippen LogP contribution in [0.4, 0.5) is 4.39 Å². The molecule has 27 heavy (non-hydrogen) atoms. The van der Waals surface area contributed by atoms with Crippen molar-refractivity contribution in [2.45, 2.75) is 75.5 Å². The van der Waals surface area contributed by atoms with Crippen molar-refractivity contribution in [2.75, 3.05) is 0 Å². The van der Waals surface area contributed by atoms with E-state index in [1.807, 2.05) is 24.3 Å². The van der Waals surface area contributed by atoms with Gasteiger partial charge in [0, 0.05) is 16.6 Å². The van der Waals surface area contributed by atoms with Gasteiger partial charge >= 0.3 is 0 Å². The zero-order chi connectivity index (χ0) is 18.7. The second-order valence-corrected chi connectivity index (χ2v) is 11.7. The van der Waals surface area contributed by atoms with E-state index in [4.69, 9.17) is 0 Å². The Balaban J connectivity index is 1.87. The molecule has 0 bridgehead atoms. The highest BCUT2D eigenvalue weighted by Crippen LogP contribution is 2.62. The molecule has 0 heterocycles. The van der Waals surface area contributed by atoms with Crippen LogP contribution in [0.15, 0.2) is 48.5 Å². The van der Waals surface area contributed by atoms with Crippen LogP contribution in [-0.4, -0.2) is 11.3 Å². The molecule has 0 spiro atoms. The lowest BCUT2D eigenvalue weighted by Gasteiger charge is -2.39. The minimum atomic E-state index is -2.69. The Bertz CT molecular complexity index is 782. The van der Waals surface area contributed by atoms with Gasteiger partial charge in [0.25, 0.3) is 0 Å². The Labute approximate surface area is 162 Å². The molecule has 0 unspecified atom stereocenters. The first kappa shape index (κ1) is 18.9. The van der Waals surface area contributed by atoms with E-state index in [0.717, 1.165) is 67.8 Å². The molecule has 2 aliphatic carbocycles. The van der Waals surface area contributed by atoms with Gasteiger partial charge in [0.05, 0.1) is 0 Å². The summed E-state index contributed by atoms with van der Waals surface area (Å²) in [6.07, 6.45) is 11.3. The largest absolute Gasteiger partial charge is 0.318 e. The maximum absolute atomic E-state index is 14.9. The van der Waals surface area contributed by atoms with Crippen molar-refractivity contribution >= 4 is 12.4 Å². The summed E-state index contributed by atoms with van der Waals surface area (Å²) in [6.45, 7) is 0. The number of rotatable bonds is 4. The molecule has 2 fully saturated rings. The minimum absolute atomic E-state index is 0.235. The van der Waals surface area contributed by atoms with Crippen LogP contribution in [0.5, 0.6) is 0 Å². The van der Waals surface area contributed by atoms with Gasteiger partial charge in [-0.1, -0.05) is 74.9 Å². The molecule has 2 saturated carbocycles. The lowest BCUT2D eigenvalue weighted by Crippen LogP contribution is -2.30. The van der Waals surface area contributed by atoms with Crippen LogP contribution in [0.2, 0.25) is 0 Å². The fourth-order valence-electron chi connectivity index (χ4n) is 5.28. The zero-order valence-corrected chi connectivity index (χ0v) is 17.0. The van der Waals surface area contributed by atoms with E-state index in [0.29, 0.717) is 0 Å². The molecule has 0 aromatic heterocycles. The summed E-state index contributed by atoms with van der Waals surface area (Å²) < 4.78 is 29.3. The molecule has 144 valence electrons. The number of hydrogen-bond acceptors (Lipinski definition) is 1. The predicted octanol–water partition coefficient (Wildman–Crippen LogP) is 7.15. The molecule has 3 heteroatoms. The summed E-state index contributed by atoms with van der Waals surface area (Å²) in [5.74, 6) is -0.253. The van der Waals surface area contributed by atoms with Crippen molar-refractivity contribution in [3.8, 4) is 11.1 Å². The van der Waals surface area contributed by atoms with E-state index in [-0.39, 0.29) is 17.1 Å². The Hall–Kier alpha value is -1.40. The molecule has 0 radical (unpaired) electrons. The number of benzene rings is 2. The maximum Gasteiger partial charge on any atom is 0.123 e. The van der Waals surface area contributed by atoms with Crippen molar-refractivity contribution in [1.82, 2.24) is 0 Å². The molecule has 2 aromatic rings. The van der Waals surface area contributed by atoms with Gasteiger partial charge in [-0.05, 0) is 48.9 Å². The first-order valence-corrected chi connectivity index (χ1v) is 12.5. The van der Waals surface area contributed by atoms with Crippen molar-refractivity contribution < 1.29 is 8.96 Å². The van der Waals surface area contributed by atoms with Crippen LogP contribution in [0.3, 0.4) is 0 Å². The van der Waals surface area contributed by atoms with Crippen LogP contribution in [0, 0.1) is 5.82 Å². The smallest absolute Gasteiger partial charge is 0.123 e. The summed E-state index contributed by atoms with van der Waals surface area (Å²) in [5.41, 5.74) is 2.51. The normalized spacial score (nSPS) is 19.9. The topological polar surface area (TPSA) is 17.1 Å². The molecule has 1 nitrogen and oxygen atoms in total. The molecular formula is C24H30FOP. The summed E-state index contributed by atoms with van der Waals surface area (Å²) in [5, 5.41) is 0.826. The average Bonchev–Trinajstić information content (AvgIpc) is 2.75. The van der Waals surface area contributed by atoms with Gasteiger partial charge in [0.15, 0.2) is 0 Å². The van der Waals surface area contributed by atoms with Crippen molar-refractivity contribution in [2.24, 2.45) is 0 Å². The average molecular weight is 384 g/mol. The van der Waals surface area contributed by atoms with Crippen molar-refractivity contribution in [3.05, 3.63) is 54.3 Å². The fraction of sp³-hybridized carbons (Fsp3) is 0.500.